The van der Waals surface area contributed by atoms with Crippen molar-refractivity contribution in [3.63, 3.8) is 0 Å². The van der Waals surface area contributed by atoms with E-state index in [2.05, 4.69) is 28.5 Å². The van der Waals surface area contributed by atoms with Crippen molar-refractivity contribution in [3.8, 4) is 5.75 Å². The molecule has 0 aliphatic heterocycles. The molecule has 0 saturated carbocycles. The van der Waals surface area contributed by atoms with Gasteiger partial charge in [0, 0.05) is 12.6 Å². The molecule has 1 aromatic carbocycles. The Morgan fingerprint density at radius 3 is 2.83 bits per heavy atom. The summed E-state index contributed by atoms with van der Waals surface area (Å²) in [6.07, 6.45) is 1.05. The molecule has 98 valence electrons. The molecule has 0 saturated heterocycles. The highest BCUT2D eigenvalue weighted by Gasteiger charge is 2.08. The summed E-state index contributed by atoms with van der Waals surface area (Å²) in [6.45, 7) is 1.92. The number of nitrogens with two attached hydrogens (primary N) is 1. The molecule has 18 heavy (non-hydrogen) atoms. The monoisotopic (exact) mass is 248 g/mol. The second kappa shape index (κ2) is 5.27. The van der Waals surface area contributed by atoms with E-state index in [1.54, 1.807) is 7.11 Å². The number of nitrogen functional groups attached to an aromatic ring is 1. The number of hydrogen-bond donors (Lipinski definition) is 1. The molecule has 0 spiro atoms. The van der Waals surface area contributed by atoms with Crippen molar-refractivity contribution < 1.29 is 4.74 Å². The lowest BCUT2D eigenvalue weighted by molar-refractivity contribution is 0.388. The van der Waals surface area contributed by atoms with Gasteiger partial charge < -0.3 is 19.9 Å². The van der Waals surface area contributed by atoms with Crippen LogP contribution in [0, 0.1) is 0 Å². The Labute approximate surface area is 107 Å². The Morgan fingerprint density at radius 1 is 1.39 bits per heavy atom. The van der Waals surface area contributed by atoms with Crippen LogP contribution in [-0.2, 0) is 6.54 Å². The predicted molar refractivity (Wildman–Crippen MR) is 73.9 cm³/mol. The molecule has 5 nitrogen and oxygen atoms in total. The topological polar surface area (TPSA) is 56.3 Å². The van der Waals surface area contributed by atoms with Crippen molar-refractivity contribution in [2.24, 2.45) is 0 Å². The van der Waals surface area contributed by atoms with Crippen LogP contribution in [0.3, 0.4) is 0 Å². The molecule has 0 fully saturated rings. The Hall–Kier alpha value is -1.75. The van der Waals surface area contributed by atoms with Crippen LogP contribution in [0.25, 0.3) is 11.0 Å². The quantitative estimate of drug-likeness (QED) is 0.872. The van der Waals surface area contributed by atoms with Crippen LogP contribution in [0.1, 0.15) is 6.42 Å². The third kappa shape index (κ3) is 2.56. The molecule has 2 aromatic rings. The van der Waals surface area contributed by atoms with Gasteiger partial charge in [0.25, 0.3) is 0 Å². The van der Waals surface area contributed by atoms with E-state index in [0.29, 0.717) is 5.95 Å². The summed E-state index contributed by atoms with van der Waals surface area (Å²) in [6, 6.07) is 5.85. The van der Waals surface area contributed by atoms with E-state index < -0.39 is 0 Å². The van der Waals surface area contributed by atoms with E-state index >= 15 is 0 Å². The van der Waals surface area contributed by atoms with Gasteiger partial charge in [-0.05, 0) is 39.2 Å². The number of aromatic nitrogens is 2. The van der Waals surface area contributed by atoms with E-state index in [9.17, 15) is 0 Å². The molecular formula is C13H20N4O. The SMILES string of the molecule is COc1ccc2c(c1)nc(N)n2CCCN(C)C. The van der Waals surface area contributed by atoms with Gasteiger partial charge in [-0.2, -0.15) is 0 Å². The van der Waals surface area contributed by atoms with E-state index in [-0.39, 0.29) is 0 Å². The first-order valence-electron chi connectivity index (χ1n) is 6.06. The Kier molecular flexibility index (Phi) is 3.72. The Bertz CT molecular complexity index is 533. The van der Waals surface area contributed by atoms with Crippen LogP contribution in [0.4, 0.5) is 5.95 Å². The van der Waals surface area contributed by atoms with E-state index in [1.807, 2.05) is 18.2 Å². The minimum Gasteiger partial charge on any atom is -0.497 e. The summed E-state index contributed by atoms with van der Waals surface area (Å²) < 4.78 is 7.24. The van der Waals surface area contributed by atoms with Gasteiger partial charge in [-0.15, -0.1) is 0 Å². The highest BCUT2D eigenvalue weighted by atomic mass is 16.5. The molecule has 0 atom stereocenters. The lowest BCUT2D eigenvalue weighted by atomic mass is 10.3. The van der Waals surface area contributed by atoms with Gasteiger partial charge in [-0.1, -0.05) is 0 Å². The van der Waals surface area contributed by atoms with Gasteiger partial charge >= 0.3 is 0 Å². The first kappa shape index (κ1) is 12.7. The zero-order chi connectivity index (χ0) is 13.1. The normalized spacial score (nSPS) is 11.3. The maximum Gasteiger partial charge on any atom is 0.201 e. The molecule has 0 radical (unpaired) electrons. The maximum atomic E-state index is 5.96. The van der Waals surface area contributed by atoms with Crippen molar-refractivity contribution in [2.75, 3.05) is 33.5 Å². The van der Waals surface area contributed by atoms with Crippen LogP contribution in [0.5, 0.6) is 5.75 Å². The predicted octanol–water partition coefficient (Wildman–Crippen LogP) is 1.58. The molecule has 0 amide bonds. The lowest BCUT2D eigenvalue weighted by Gasteiger charge is -2.11. The van der Waals surface area contributed by atoms with Crippen molar-refractivity contribution in [1.29, 1.82) is 0 Å². The highest BCUT2D eigenvalue weighted by Crippen LogP contribution is 2.22. The number of aryl methyl sites for hydroxylation is 1. The molecule has 0 bridgehead atoms. The number of hydrogen-bond acceptors (Lipinski definition) is 4. The van der Waals surface area contributed by atoms with Crippen LogP contribution in [0.2, 0.25) is 0 Å². The average Bonchev–Trinajstić information content (AvgIpc) is 2.64. The van der Waals surface area contributed by atoms with Crippen LogP contribution >= 0.6 is 0 Å². The fraction of sp³-hybridized carbons (Fsp3) is 0.462. The molecule has 2 rings (SSSR count). The van der Waals surface area contributed by atoms with Crippen molar-refractivity contribution in [3.05, 3.63) is 18.2 Å². The number of fused-ring (bicyclic) bond motifs is 1. The number of methoxy groups -OCH3 is 1. The second-order valence-electron chi connectivity index (χ2n) is 4.63. The summed E-state index contributed by atoms with van der Waals surface area (Å²) in [5, 5.41) is 0. The second-order valence-corrected chi connectivity index (χ2v) is 4.63. The van der Waals surface area contributed by atoms with E-state index in [1.165, 1.54) is 0 Å². The fourth-order valence-electron chi connectivity index (χ4n) is 2.04. The van der Waals surface area contributed by atoms with Gasteiger partial charge in [0.2, 0.25) is 5.95 Å². The smallest absolute Gasteiger partial charge is 0.201 e. The molecular weight excluding hydrogens is 228 g/mol. The van der Waals surface area contributed by atoms with E-state index in [0.717, 1.165) is 36.3 Å². The molecule has 1 heterocycles. The van der Waals surface area contributed by atoms with Crippen LogP contribution in [-0.4, -0.2) is 42.2 Å². The number of ether oxygens (including phenoxy) is 1. The summed E-state index contributed by atoms with van der Waals surface area (Å²) in [4.78, 5) is 6.53. The summed E-state index contributed by atoms with van der Waals surface area (Å²) in [5.74, 6) is 1.37. The third-order valence-corrected chi connectivity index (χ3v) is 2.97. The average molecular weight is 248 g/mol. The molecule has 0 aliphatic rings. The minimum atomic E-state index is 0.567. The Balaban J connectivity index is 2.24. The number of benzene rings is 1. The zero-order valence-corrected chi connectivity index (χ0v) is 11.2. The standard InChI is InChI=1S/C13H20N4O/c1-16(2)7-4-8-17-12-6-5-10(18-3)9-11(12)15-13(17)14/h5-6,9H,4,7-8H2,1-3H3,(H2,14,15). The summed E-state index contributed by atoms with van der Waals surface area (Å²) in [7, 11) is 5.79. The maximum absolute atomic E-state index is 5.96. The van der Waals surface area contributed by atoms with Gasteiger partial charge in [0.1, 0.15) is 5.75 Å². The number of anilines is 1. The molecule has 2 N–H and O–H groups in total. The molecule has 0 unspecified atom stereocenters. The number of nitrogens with zero attached hydrogens (tertiary/aromatic N) is 3. The lowest BCUT2D eigenvalue weighted by Crippen LogP contribution is -2.15. The van der Waals surface area contributed by atoms with Gasteiger partial charge in [-0.3, -0.25) is 0 Å². The van der Waals surface area contributed by atoms with Gasteiger partial charge in [0.05, 0.1) is 18.1 Å². The Morgan fingerprint density at radius 2 is 2.17 bits per heavy atom. The number of rotatable bonds is 5. The minimum absolute atomic E-state index is 0.567. The zero-order valence-electron chi connectivity index (χ0n) is 11.2. The van der Waals surface area contributed by atoms with Gasteiger partial charge in [-0.25, -0.2) is 4.98 Å². The summed E-state index contributed by atoms with van der Waals surface area (Å²) in [5.41, 5.74) is 7.91. The van der Waals surface area contributed by atoms with E-state index in [4.69, 9.17) is 10.5 Å². The fourth-order valence-corrected chi connectivity index (χ4v) is 2.04. The third-order valence-electron chi connectivity index (χ3n) is 2.97. The molecule has 1 aromatic heterocycles. The van der Waals surface area contributed by atoms with Crippen molar-refractivity contribution in [1.82, 2.24) is 14.5 Å². The number of imidazole rings is 1. The van der Waals surface area contributed by atoms with Crippen LogP contribution < -0.4 is 10.5 Å². The van der Waals surface area contributed by atoms with Crippen LogP contribution in [0.15, 0.2) is 18.2 Å². The molecule has 0 aliphatic carbocycles. The summed E-state index contributed by atoms with van der Waals surface area (Å²) >= 11 is 0. The van der Waals surface area contributed by atoms with Crippen molar-refractivity contribution in [2.45, 2.75) is 13.0 Å². The largest absolute Gasteiger partial charge is 0.497 e. The highest BCUT2D eigenvalue weighted by molar-refractivity contribution is 5.79. The van der Waals surface area contributed by atoms with Crippen molar-refractivity contribution >= 4 is 17.0 Å². The molecule has 5 heteroatoms. The first-order chi connectivity index (χ1) is 8.61. The van der Waals surface area contributed by atoms with Gasteiger partial charge in [0.15, 0.2) is 0 Å². The first-order valence-corrected chi connectivity index (χ1v) is 6.06.